The number of carbonyl (C=O) groups excluding carboxylic acids is 2. The smallest absolute Gasteiger partial charge is 0.407 e. The topological polar surface area (TPSA) is 92.3 Å². The molecule has 170 valence electrons. The van der Waals surface area contributed by atoms with E-state index in [2.05, 4.69) is 22.5 Å². The van der Waals surface area contributed by atoms with Crippen LogP contribution in [0.1, 0.15) is 60.3 Å². The van der Waals surface area contributed by atoms with Gasteiger partial charge in [0.15, 0.2) is 5.96 Å². The average Bonchev–Trinajstić information content (AvgIpc) is 2.63. The highest BCUT2D eigenvalue weighted by Gasteiger charge is 2.27. The largest absolute Gasteiger partial charge is 0.469 e. The van der Waals surface area contributed by atoms with Crippen molar-refractivity contribution in [1.82, 2.24) is 15.5 Å². The van der Waals surface area contributed by atoms with Crippen molar-refractivity contribution >= 4 is 42.0 Å². The molecule has 1 heterocycles. The van der Waals surface area contributed by atoms with Crippen LogP contribution in [-0.2, 0) is 14.3 Å². The SMILES string of the molecule is CCCC(CN=C(NCC)N1CCC(C(=O)OC)CC1)NC(=O)OC(C)(C)C.I. The van der Waals surface area contributed by atoms with E-state index in [0.29, 0.717) is 6.54 Å². The molecule has 1 unspecified atom stereocenters. The number of ether oxygens (including phenoxy) is 2. The van der Waals surface area contributed by atoms with E-state index in [1.54, 1.807) is 0 Å². The Bertz CT molecular complexity index is 529. The lowest BCUT2D eigenvalue weighted by molar-refractivity contribution is -0.146. The van der Waals surface area contributed by atoms with Crippen molar-refractivity contribution in [3.8, 4) is 0 Å². The van der Waals surface area contributed by atoms with Gasteiger partial charge in [-0.15, -0.1) is 24.0 Å². The fraction of sp³-hybridized carbons (Fsp3) is 0.850. The van der Waals surface area contributed by atoms with E-state index in [-0.39, 0.29) is 41.9 Å². The Morgan fingerprint density at radius 2 is 1.83 bits per heavy atom. The number of piperidine rings is 1. The van der Waals surface area contributed by atoms with Crippen LogP contribution in [0.4, 0.5) is 4.79 Å². The van der Waals surface area contributed by atoms with Crippen LogP contribution in [0.2, 0.25) is 0 Å². The zero-order chi connectivity index (χ0) is 21.2. The number of guanidine groups is 1. The predicted molar refractivity (Wildman–Crippen MR) is 126 cm³/mol. The molecule has 2 N–H and O–H groups in total. The average molecular weight is 526 g/mol. The summed E-state index contributed by atoms with van der Waals surface area (Å²) in [4.78, 5) is 30.7. The monoisotopic (exact) mass is 526 g/mol. The van der Waals surface area contributed by atoms with Crippen molar-refractivity contribution in [2.24, 2.45) is 10.9 Å². The van der Waals surface area contributed by atoms with Gasteiger partial charge in [0.05, 0.1) is 25.6 Å². The van der Waals surface area contributed by atoms with E-state index in [0.717, 1.165) is 51.3 Å². The van der Waals surface area contributed by atoms with E-state index >= 15 is 0 Å². The lowest BCUT2D eigenvalue weighted by Gasteiger charge is -2.33. The Morgan fingerprint density at radius 1 is 1.21 bits per heavy atom. The van der Waals surface area contributed by atoms with Gasteiger partial charge in [0, 0.05) is 19.6 Å². The molecule has 0 bridgehead atoms. The van der Waals surface area contributed by atoms with Crippen molar-refractivity contribution in [3.63, 3.8) is 0 Å². The first-order valence-electron chi connectivity index (χ1n) is 10.3. The summed E-state index contributed by atoms with van der Waals surface area (Å²) in [5.74, 6) is 0.648. The van der Waals surface area contributed by atoms with E-state index in [1.807, 2.05) is 27.7 Å². The second kappa shape index (κ2) is 13.9. The maximum absolute atomic E-state index is 12.1. The molecule has 1 atom stereocenters. The summed E-state index contributed by atoms with van der Waals surface area (Å²) in [5.41, 5.74) is -0.525. The Kier molecular flexibility index (Phi) is 13.3. The first-order chi connectivity index (χ1) is 13.2. The number of likely N-dealkylation sites (tertiary alicyclic amines) is 1. The fourth-order valence-corrected chi connectivity index (χ4v) is 3.15. The van der Waals surface area contributed by atoms with Crippen LogP contribution in [0.25, 0.3) is 0 Å². The molecule has 8 nitrogen and oxygen atoms in total. The minimum absolute atomic E-state index is 0. The highest BCUT2D eigenvalue weighted by Crippen LogP contribution is 2.18. The van der Waals surface area contributed by atoms with Gasteiger partial charge in [-0.2, -0.15) is 0 Å². The Hall–Kier alpha value is -1.26. The van der Waals surface area contributed by atoms with Crippen LogP contribution in [0.3, 0.4) is 0 Å². The zero-order valence-corrected chi connectivity index (χ0v) is 21.1. The van der Waals surface area contributed by atoms with Crippen molar-refractivity contribution < 1.29 is 19.1 Å². The molecule has 1 amide bonds. The molecule has 0 aromatic carbocycles. The number of aliphatic imine (C=N–C) groups is 1. The number of carbonyl (C=O) groups is 2. The second-order valence-electron chi connectivity index (χ2n) is 8.11. The molecule has 1 rings (SSSR count). The fourth-order valence-electron chi connectivity index (χ4n) is 3.15. The van der Waals surface area contributed by atoms with Crippen molar-refractivity contribution in [1.29, 1.82) is 0 Å². The van der Waals surface area contributed by atoms with Gasteiger partial charge in [-0.1, -0.05) is 13.3 Å². The Balaban J connectivity index is 0.00000784. The van der Waals surface area contributed by atoms with Gasteiger partial charge in [-0.05, 0) is 47.0 Å². The van der Waals surface area contributed by atoms with Crippen LogP contribution in [-0.4, -0.2) is 67.9 Å². The van der Waals surface area contributed by atoms with E-state index in [9.17, 15) is 9.59 Å². The summed E-state index contributed by atoms with van der Waals surface area (Å²) in [7, 11) is 1.44. The molecule has 1 aliphatic heterocycles. The molecule has 0 radical (unpaired) electrons. The van der Waals surface area contributed by atoms with Gasteiger partial charge in [0.1, 0.15) is 5.60 Å². The molecule has 1 fully saturated rings. The number of hydrogen-bond acceptors (Lipinski definition) is 5. The summed E-state index contributed by atoms with van der Waals surface area (Å²) < 4.78 is 10.2. The molecule has 1 saturated heterocycles. The zero-order valence-electron chi connectivity index (χ0n) is 18.7. The number of nitrogens with one attached hydrogen (secondary N) is 2. The highest BCUT2D eigenvalue weighted by atomic mass is 127. The van der Waals surface area contributed by atoms with Gasteiger partial charge in [-0.3, -0.25) is 9.79 Å². The normalized spacial score (nSPS) is 16.5. The summed E-state index contributed by atoms with van der Waals surface area (Å²) in [6.45, 7) is 12.4. The molecule has 1 aliphatic rings. The number of alkyl carbamates (subject to hydrolysis) is 1. The quantitative estimate of drug-likeness (QED) is 0.229. The standard InChI is InChI=1S/C20H38N4O4.HI/c1-7-9-16(23-19(26)28-20(3,4)5)14-22-18(21-8-2)24-12-10-15(11-13-24)17(25)27-6;/h15-16H,7-14H2,1-6H3,(H,21,22)(H,23,26);1H. The second-order valence-corrected chi connectivity index (χ2v) is 8.11. The molecule has 0 saturated carbocycles. The maximum atomic E-state index is 12.1. The molecule has 0 aromatic rings. The van der Waals surface area contributed by atoms with Gasteiger partial charge in [-0.25, -0.2) is 4.79 Å². The highest BCUT2D eigenvalue weighted by molar-refractivity contribution is 14.0. The summed E-state index contributed by atoms with van der Waals surface area (Å²) in [6, 6.07) is -0.0823. The first kappa shape index (κ1) is 27.7. The van der Waals surface area contributed by atoms with Crippen LogP contribution >= 0.6 is 24.0 Å². The summed E-state index contributed by atoms with van der Waals surface area (Å²) in [5, 5.41) is 6.24. The predicted octanol–water partition coefficient (Wildman–Crippen LogP) is 3.15. The minimum atomic E-state index is -0.525. The maximum Gasteiger partial charge on any atom is 0.407 e. The van der Waals surface area contributed by atoms with Crippen LogP contribution in [0.5, 0.6) is 0 Å². The van der Waals surface area contributed by atoms with E-state index < -0.39 is 11.7 Å². The summed E-state index contributed by atoms with van der Waals surface area (Å²) in [6.07, 6.45) is 2.87. The number of esters is 1. The molecule has 9 heteroatoms. The molecule has 29 heavy (non-hydrogen) atoms. The third kappa shape index (κ3) is 10.9. The number of amides is 1. The minimum Gasteiger partial charge on any atom is -0.469 e. The van der Waals surface area contributed by atoms with Crippen LogP contribution in [0.15, 0.2) is 4.99 Å². The van der Waals surface area contributed by atoms with Crippen molar-refractivity contribution in [3.05, 3.63) is 0 Å². The Labute approximate surface area is 192 Å². The number of rotatable bonds is 7. The van der Waals surface area contributed by atoms with Crippen LogP contribution < -0.4 is 10.6 Å². The lowest BCUT2D eigenvalue weighted by Crippen LogP contribution is -2.47. The van der Waals surface area contributed by atoms with Gasteiger partial charge in [0.2, 0.25) is 0 Å². The molecule has 0 spiro atoms. The number of methoxy groups -OCH3 is 1. The van der Waals surface area contributed by atoms with Gasteiger partial charge < -0.3 is 25.0 Å². The van der Waals surface area contributed by atoms with Gasteiger partial charge >= 0.3 is 12.1 Å². The number of hydrogen-bond donors (Lipinski definition) is 2. The van der Waals surface area contributed by atoms with Gasteiger partial charge in [0.25, 0.3) is 0 Å². The van der Waals surface area contributed by atoms with Crippen molar-refractivity contribution in [2.45, 2.75) is 71.9 Å². The van der Waals surface area contributed by atoms with Crippen LogP contribution in [0, 0.1) is 5.92 Å². The van der Waals surface area contributed by atoms with Crippen molar-refractivity contribution in [2.75, 3.05) is 33.3 Å². The Morgan fingerprint density at radius 3 is 2.31 bits per heavy atom. The number of halogens is 1. The number of nitrogens with zero attached hydrogens (tertiary/aromatic N) is 2. The molecule has 0 aromatic heterocycles. The molecular formula is C20H39IN4O4. The molecular weight excluding hydrogens is 487 g/mol. The third-order valence-electron chi connectivity index (χ3n) is 4.48. The lowest BCUT2D eigenvalue weighted by atomic mass is 9.97. The molecule has 0 aliphatic carbocycles. The van der Waals surface area contributed by atoms with E-state index in [1.165, 1.54) is 7.11 Å². The summed E-state index contributed by atoms with van der Waals surface area (Å²) >= 11 is 0. The van der Waals surface area contributed by atoms with E-state index in [4.69, 9.17) is 14.5 Å². The first-order valence-corrected chi connectivity index (χ1v) is 10.3. The third-order valence-corrected chi connectivity index (χ3v) is 4.48.